The van der Waals surface area contributed by atoms with Gasteiger partial charge in [0.15, 0.2) is 6.21 Å². The molecule has 11 heavy (non-hydrogen) atoms. The predicted molar refractivity (Wildman–Crippen MR) is 35.8 cm³/mol. The molecule has 58 valence electrons. The molecule has 0 amide bonds. The number of oxime groups is 1. The van der Waals surface area contributed by atoms with E-state index in [0.29, 0.717) is 6.21 Å². The smallest absolute Gasteiger partial charge is 0.359 e. The summed E-state index contributed by atoms with van der Waals surface area (Å²) in [6, 6.07) is 0. The molecule has 1 rings (SSSR count). The molecular formula is C4H3N3O3S. The summed E-state index contributed by atoms with van der Waals surface area (Å²) in [7, 11) is 0. The lowest BCUT2D eigenvalue weighted by atomic mass is 10.7. The van der Waals surface area contributed by atoms with E-state index < -0.39 is 5.97 Å². The third-order valence-corrected chi connectivity index (χ3v) is 1.19. The van der Waals surface area contributed by atoms with Crippen LogP contribution in [0.4, 0.5) is 0 Å². The number of nitrogens with zero attached hydrogens (tertiary/aromatic N) is 3. The van der Waals surface area contributed by atoms with Crippen LogP contribution in [0.5, 0.6) is 5.88 Å². The van der Waals surface area contributed by atoms with Crippen molar-refractivity contribution in [3.05, 3.63) is 5.38 Å². The minimum Gasteiger partial charge on any atom is -0.411 e. The van der Waals surface area contributed by atoms with Crippen molar-refractivity contribution in [1.82, 2.24) is 9.59 Å². The van der Waals surface area contributed by atoms with Crippen LogP contribution in [0, 0.1) is 0 Å². The SMILES string of the molecule is O=C(C=NO)Oc1csnn1. The average molecular weight is 173 g/mol. The first-order chi connectivity index (χ1) is 5.33. The van der Waals surface area contributed by atoms with Crippen LogP contribution in [0.15, 0.2) is 10.5 Å². The quantitative estimate of drug-likeness (QED) is 0.292. The molecule has 0 aliphatic rings. The molecule has 0 aromatic carbocycles. The minimum absolute atomic E-state index is 0.0971. The van der Waals surface area contributed by atoms with Gasteiger partial charge in [-0.25, -0.2) is 4.79 Å². The third kappa shape index (κ3) is 2.30. The molecular weight excluding hydrogens is 170 g/mol. The summed E-state index contributed by atoms with van der Waals surface area (Å²) >= 11 is 1.05. The second-order valence-corrected chi connectivity index (χ2v) is 2.02. The van der Waals surface area contributed by atoms with E-state index in [4.69, 9.17) is 5.21 Å². The molecule has 0 saturated heterocycles. The van der Waals surface area contributed by atoms with Gasteiger partial charge in [-0.3, -0.25) is 0 Å². The number of hydrogen-bond acceptors (Lipinski definition) is 7. The Morgan fingerprint density at radius 2 is 2.73 bits per heavy atom. The highest BCUT2D eigenvalue weighted by atomic mass is 32.1. The predicted octanol–water partition coefficient (Wildman–Crippen LogP) is -0.0965. The molecule has 0 atom stereocenters. The molecule has 6 nitrogen and oxygen atoms in total. The maximum atomic E-state index is 10.5. The summed E-state index contributed by atoms with van der Waals surface area (Å²) in [5, 5.41) is 15.2. The molecule has 0 bridgehead atoms. The van der Waals surface area contributed by atoms with E-state index in [1.165, 1.54) is 5.38 Å². The van der Waals surface area contributed by atoms with Crippen molar-refractivity contribution in [2.24, 2.45) is 5.16 Å². The van der Waals surface area contributed by atoms with Gasteiger partial charge < -0.3 is 9.94 Å². The number of rotatable bonds is 2. The highest BCUT2D eigenvalue weighted by Crippen LogP contribution is 2.05. The van der Waals surface area contributed by atoms with Crippen molar-refractivity contribution in [1.29, 1.82) is 0 Å². The molecule has 7 heteroatoms. The molecule has 0 aliphatic heterocycles. The van der Waals surface area contributed by atoms with Gasteiger partial charge in [0.1, 0.15) is 0 Å². The molecule has 0 saturated carbocycles. The fourth-order valence-electron chi connectivity index (χ4n) is 0.377. The van der Waals surface area contributed by atoms with E-state index in [2.05, 4.69) is 19.5 Å². The van der Waals surface area contributed by atoms with Crippen LogP contribution in [0.2, 0.25) is 0 Å². The van der Waals surface area contributed by atoms with Crippen molar-refractivity contribution in [3.8, 4) is 5.88 Å². The Kier molecular flexibility index (Phi) is 2.50. The molecule has 0 unspecified atom stereocenters. The second kappa shape index (κ2) is 3.62. The normalized spacial score (nSPS) is 10.2. The van der Waals surface area contributed by atoms with Crippen LogP contribution < -0.4 is 4.74 Å². The standard InChI is InChI=1S/C4H3N3O3S/c8-4(1-5-9)10-3-2-11-7-6-3/h1-2,9H. The Hall–Kier alpha value is -1.50. The largest absolute Gasteiger partial charge is 0.411 e. The topological polar surface area (TPSA) is 84.7 Å². The Bertz CT molecular complexity index is 258. The van der Waals surface area contributed by atoms with Crippen LogP contribution in [-0.2, 0) is 4.79 Å². The monoisotopic (exact) mass is 173 g/mol. The number of carbonyl (C=O) groups excluding carboxylic acids is 1. The van der Waals surface area contributed by atoms with E-state index in [9.17, 15) is 4.79 Å². The Morgan fingerprint density at radius 3 is 3.27 bits per heavy atom. The maximum Gasteiger partial charge on any atom is 0.359 e. The van der Waals surface area contributed by atoms with Gasteiger partial charge in [-0.15, -0.1) is 0 Å². The van der Waals surface area contributed by atoms with Gasteiger partial charge in [-0.05, 0) is 11.5 Å². The van der Waals surface area contributed by atoms with Gasteiger partial charge in [0.05, 0.1) is 5.38 Å². The average Bonchev–Trinajstić information content (AvgIpc) is 2.40. The Morgan fingerprint density at radius 1 is 1.91 bits per heavy atom. The number of aromatic nitrogens is 2. The van der Waals surface area contributed by atoms with Gasteiger partial charge in [0.25, 0.3) is 5.88 Å². The summed E-state index contributed by atoms with van der Waals surface area (Å²) in [6.07, 6.45) is 0.624. The molecule has 1 aromatic rings. The molecule has 1 N–H and O–H groups in total. The van der Waals surface area contributed by atoms with Crippen molar-refractivity contribution < 1.29 is 14.7 Å². The molecule has 0 aliphatic carbocycles. The van der Waals surface area contributed by atoms with Crippen molar-refractivity contribution in [2.45, 2.75) is 0 Å². The second-order valence-electron chi connectivity index (χ2n) is 1.41. The van der Waals surface area contributed by atoms with Gasteiger partial charge in [-0.2, -0.15) is 0 Å². The summed E-state index contributed by atoms with van der Waals surface area (Å²) < 4.78 is 7.93. The van der Waals surface area contributed by atoms with Gasteiger partial charge >= 0.3 is 5.97 Å². The highest BCUT2D eigenvalue weighted by Gasteiger charge is 2.02. The number of ether oxygens (including phenoxy) is 1. The van der Waals surface area contributed by atoms with E-state index in [-0.39, 0.29) is 5.88 Å². The Balaban J connectivity index is 2.50. The molecule has 1 heterocycles. The lowest BCUT2D eigenvalue weighted by Gasteiger charge is -1.90. The van der Waals surface area contributed by atoms with Gasteiger partial charge in [0, 0.05) is 0 Å². The molecule has 0 radical (unpaired) electrons. The zero-order chi connectivity index (χ0) is 8.10. The number of esters is 1. The van der Waals surface area contributed by atoms with Crippen LogP contribution in [0.3, 0.4) is 0 Å². The first-order valence-electron chi connectivity index (χ1n) is 2.49. The fraction of sp³-hybridized carbons (Fsp3) is 0. The Labute approximate surface area is 65.3 Å². The van der Waals surface area contributed by atoms with Crippen LogP contribution in [-0.4, -0.2) is 27.0 Å². The number of hydrogen-bond donors (Lipinski definition) is 1. The summed E-state index contributed by atoms with van der Waals surface area (Å²) in [4.78, 5) is 10.5. The first-order valence-corrected chi connectivity index (χ1v) is 3.33. The molecule has 0 spiro atoms. The van der Waals surface area contributed by atoms with Crippen LogP contribution >= 0.6 is 11.5 Å². The summed E-state index contributed by atoms with van der Waals surface area (Å²) in [5.41, 5.74) is 0. The van der Waals surface area contributed by atoms with Crippen LogP contribution in [0.1, 0.15) is 0 Å². The lowest BCUT2D eigenvalue weighted by molar-refractivity contribution is -0.126. The van der Waals surface area contributed by atoms with Crippen LogP contribution in [0.25, 0.3) is 0 Å². The van der Waals surface area contributed by atoms with E-state index in [0.717, 1.165) is 11.5 Å². The zero-order valence-electron chi connectivity index (χ0n) is 5.17. The van der Waals surface area contributed by atoms with Crippen molar-refractivity contribution >= 4 is 23.7 Å². The highest BCUT2D eigenvalue weighted by molar-refractivity contribution is 7.03. The lowest BCUT2D eigenvalue weighted by Crippen LogP contribution is -2.08. The van der Waals surface area contributed by atoms with E-state index in [1.807, 2.05) is 0 Å². The fourth-order valence-corrected chi connectivity index (χ4v) is 0.737. The van der Waals surface area contributed by atoms with E-state index >= 15 is 0 Å². The zero-order valence-corrected chi connectivity index (χ0v) is 5.98. The van der Waals surface area contributed by atoms with Crippen molar-refractivity contribution in [3.63, 3.8) is 0 Å². The van der Waals surface area contributed by atoms with E-state index in [1.54, 1.807) is 0 Å². The van der Waals surface area contributed by atoms with Crippen molar-refractivity contribution in [2.75, 3.05) is 0 Å². The van der Waals surface area contributed by atoms with Gasteiger partial charge in [-0.1, -0.05) is 14.7 Å². The maximum absolute atomic E-state index is 10.5. The third-order valence-electron chi connectivity index (χ3n) is 0.708. The summed E-state index contributed by atoms with van der Waals surface area (Å²) in [6.45, 7) is 0. The minimum atomic E-state index is -0.791. The number of carbonyl (C=O) groups is 1. The molecule has 0 fully saturated rings. The summed E-state index contributed by atoms with van der Waals surface area (Å²) in [5.74, 6) is -0.694. The molecule has 1 aromatic heterocycles. The first kappa shape index (κ1) is 7.61. The van der Waals surface area contributed by atoms with Gasteiger partial charge in [0.2, 0.25) is 0 Å².